The van der Waals surface area contributed by atoms with Crippen molar-refractivity contribution in [2.45, 2.75) is 5.75 Å². The second-order valence-corrected chi connectivity index (χ2v) is 10.1. The Labute approximate surface area is 191 Å². The molecule has 0 unspecified atom stereocenters. The Bertz CT molecular complexity index is 1270. The van der Waals surface area contributed by atoms with Gasteiger partial charge in [0.1, 0.15) is 28.7 Å². The largest absolute Gasteiger partial charge is 0.456 e. The number of nitrogens with two attached hydrogens (primary N) is 1. The predicted octanol–water partition coefficient (Wildman–Crippen LogP) is 4.75. The molecule has 0 fully saturated rings. The Morgan fingerprint density at radius 1 is 1.10 bits per heavy atom. The van der Waals surface area contributed by atoms with Gasteiger partial charge in [-0.2, -0.15) is 0 Å². The lowest BCUT2D eigenvalue weighted by atomic mass is 10.1. The topological polar surface area (TPSA) is 98.5 Å². The van der Waals surface area contributed by atoms with Crippen molar-refractivity contribution in [1.29, 1.82) is 0 Å². The van der Waals surface area contributed by atoms with Gasteiger partial charge in [0, 0.05) is 15.9 Å². The molecule has 0 heterocycles. The maximum Gasteiger partial charge on any atom is 0.254 e. The van der Waals surface area contributed by atoms with E-state index in [2.05, 4.69) is 5.32 Å². The number of hydrogen-bond donors (Lipinski definition) is 2. The fraction of sp³-hybridized carbons (Fsp3) is 0.0952. The number of rotatable bonds is 7. The van der Waals surface area contributed by atoms with Gasteiger partial charge in [-0.25, -0.2) is 17.2 Å². The molecule has 10 heteroatoms. The van der Waals surface area contributed by atoms with E-state index in [0.717, 1.165) is 18.4 Å². The quantitative estimate of drug-likeness (QED) is 0.408. The van der Waals surface area contributed by atoms with E-state index in [0.29, 0.717) is 9.13 Å². The minimum Gasteiger partial charge on any atom is -0.456 e. The van der Waals surface area contributed by atoms with Gasteiger partial charge in [0.05, 0.1) is 17.1 Å². The van der Waals surface area contributed by atoms with Crippen LogP contribution in [0.5, 0.6) is 11.5 Å². The van der Waals surface area contributed by atoms with Crippen LogP contribution in [-0.4, -0.2) is 20.6 Å². The minimum absolute atomic E-state index is 0.0228. The molecule has 162 valence electrons. The lowest BCUT2D eigenvalue weighted by molar-refractivity contribution is 0.0999. The van der Waals surface area contributed by atoms with Crippen molar-refractivity contribution in [3.8, 4) is 11.5 Å². The number of nitrogens with one attached hydrogen (secondary N) is 1. The molecule has 0 aliphatic rings. The van der Waals surface area contributed by atoms with Crippen LogP contribution in [0.2, 0.25) is 0 Å². The first kappa shape index (κ1) is 22.9. The monoisotopic (exact) mass is 558 g/mol. The van der Waals surface area contributed by atoms with Crippen molar-refractivity contribution in [1.82, 2.24) is 0 Å². The molecule has 3 N–H and O–H groups in total. The van der Waals surface area contributed by atoms with Crippen LogP contribution in [0.25, 0.3) is 0 Å². The van der Waals surface area contributed by atoms with Crippen molar-refractivity contribution >= 4 is 49.7 Å². The number of hydrogen-bond acceptors (Lipinski definition) is 5. The summed E-state index contributed by atoms with van der Waals surface area (Å²) in [4.78, 5) is 12.1. The van der Waals surface area contributed by atoms with Gasteiger partial charge in [-0.3, -0.25) is 4.79 Å². The zero-order valence-corrected chi connectivity index (χ0v) is 19.1. The van der Waals surface area contributed by atoms with Crippen LogP contribution in [0.3, 0.4) is 0 Å². The first-order chi connectivity index (χ1) is 14.5. The molecule has 3 rings (SSSR count). The Morgan fingerprint density at radius 2 is 1.84 bits per heavy atom. The SMILES string of the molecule is CS(=O)(=O)Cc1cccc(Oc2cc(F)cc(Nc3ccc(I)cc3F)c2C(N)=O)c1. The molecule has 0 atom stereocenters. The van der Waals surface area contributed by atoms with E-state index in [9.17, 15) is 22.0 Å². The second kappa shape index (κ2) is 9.18. The number of amides is 1. The van der Waals surface area contributed by atoms with Gasteiger partial charge in [-0.05, 0) is 64.6 Å². The zero-order valence-electron chi connectivity index (χ0n) is 16.2. The Kier molecular flexibility index (Phi) is 6.80. The van der Waals surface area contributed by atoms with Crippen molar-refractivity contribution in [3.63, 3.8) is 0 Å². The second-order valence-electron chi connectivity index (χ2n) is 6.76. The summed E-state index contributed by atoms with van der Waals surface area (Å²) in [5.74, 6) is -2.49. The van der Waals surface area contributed by atoms with Gasteiger partial charge in [-0.15, -0.1) is 0 Å². The number of primary amides is 1. The number of anilines is 2. The molecule has 3 aromatic carbocycles. The van der Waals surface area contributed by atoms with Crippen LogP contribution in [0.15, 0.2) is 54.6 Å². The molecule has 0 saturated heterocycles. The molecular weight excluding hydrogens is 541 g/mol. The summed E-state index contributed by atoms with van der Waals surface area (Å²) >= 11 is 1.94. The molecule has 0 radical (unpaired) electrons. The molecule has 0 saturated carbocycles. The zero-order chi connectivity index (χ0) is 22.8. The first-order valence-corrected chi connectivity index (χ1v) is 12.0. The summed E-state index contributed by atoms with van der Waals surface area (Å²) in [6, 6.07) is 12.5. The number of carbonyl (C=O) groups is 1. The predicted molar refractivity (Wildman–Crippen MR) is 122 cm³/mol. The fourth-order valence-electron chi connectivity index (χ4n) is 2.88. The Balaban J connectivity index is 2.01. The Morgan fingerprint density at radius 3 is 2.48 bits per heavy atom. The average Bonchev–Trinajstić information content (AvgIpc) is 2.62. The summed E-state index contributed by atoms with van der Waals surface area (Å²) < 4.78 is 57.9. The standard InChI is InChI=1S/C21H17F2IN2O4S/c1-31(28,29)11-12-3-2-4-15(7-12)30-19-9-13(22)8-18(20(19)21(25)27)26-17-6-5-14(24)10-16(17)23/h2-10,26H,11H2,1H3,(H2,25,27). The molecule has 31 heavy (non-hydrogen) atoms. The van der Waals surface area contributed by atoms with Gasteiger partial charge in [0.2, 0.25) is 0 Å². The van der Waals surface area contributed by atoms with Crippen LogP contribution in [0.1, 0.15) is 15.9 Å². The normalized spacial score (nSPS) is 11.2. The van der Waals surface area contributed by atoms with E-state index >= 15 is 0 Å². The highest BCUT2D eigenvalue weighted by molar-refractivity contribution is 14.1. The van der Waals surface area contributed by atoms with Crippen molar-refractivity contribution < 1.29 is 26.7 Å². The molecule has 0 aliphatic heterocycles. The maximum absolute atomic E-state index is 14.3. The molecule has 0 aromatic heterocycles. The fourth-order valence-corrected chi connectivity index (χ4v) is 4.12. The van der Waals surface area contributed by atoms with E-state index in [1.54, 1.807) is 18.2 Å². The Hall–Kier alpha value is -2.73. The highest BCUT2D eigenvalue weighted by atomic mass is 127. The highest BCUT2D eigenvalue weighted by Gasteiger charge is 2.20. The third-order valence-corrected chi connectivity index (χ3v) is 5.60. The first-order valence-electron chi connectivity index (χ1n) is 8.82. The third kappa shape index (κ3) is 6.14. The van der Waals surface area contributed by atoms with Crippen LogP contribution in [0, 0.1) is 15.2 Å². The average molecular weight is 558 g/mol. The van der Waals surface area contributed by atoms with E-state index < -0.39 is 27.4 Å². The molecule has 0 spiro atoms. The molecule has 3 aromatic rings. The van der Waals surface area contributed by atoms with Crippen molar-refractivity contribution in [2.75, 3.05) is 11.6 Å². The van der Waals surface area contributed by atoms with E-state index in [4.69, 9.17) is 10.5 Å². The number of carbonyl (C=O) groups excluding carboxylic acids is 1. The highest BCUT2D eigenvalue weighted by Crippen LogP contribution is 2.34. The van der Waals surface area contributed by atoms with Gasteiger partial charge in [0.15, 0.2) is 9.84 Å². The summed E-state index contributed by atoms with van der Waals surface area (Å²) in [5, 5.41) is 2.68. The van der Waals surface area contributed by atoms with Gasteiger partial charge in [0.25, 0.3) is 5.91 Å². The third-order valence-electron chi connectivity index (χ3n) is 4.07. The van der Waals surface area contributed by atoms with E-state index in [1.807, 2.05) is 22.6 Å². The molecular formula is C21H17F2IN2O4S. The number of benzene rings is 3. The maximum atomic E-state index is 14.3. The minimum atomic E-state index is -3.28. The molecule has 6 nitrogen and oxygen atoms in total. The summed E-state index contributed by atoms with van der Waals surface area (Å²) in [5.41, 5.74) is 5.71. The van der Waals surface area contributed by atoms with Crippen molar-refractivity contribution in [2.24, 2.45) is 5.73 Å². The van der Waals surface area contributed by atoms with Crippen LogP contribution < -0.4 is 15.8 Å². The lowest BCUT2D eigenvalue weighted by Crippen LogP contribution is -2.15. The number of halogens is 3. The molecule has 0 aliphatic carbocycles. The number of ether oxygens (including phenoxy) is 1. The van der Waals surface area contributed by atoms with Crippen LogP contribution in [-0.2, 0) is 15.6 Å². The number of sulfone groups is 1. The van der Waals surface area contributed by atoms with Crippen molar-refractivity contribution in [3.05, 3.63) is 80.9 Å². The summed E-state index contributed by atoms with van der Waals surface area (Å²) in [6.45, 7) is 0. The van der Waals surface area contributed by atoms with E-state index in [-0.39, 0.29) is 34.2 Å². The van der Waals surface area contributed by atoms with Crippen LogP contribution in [0.4, 0.5) is 20.2 Å². The lowest BCUT2D eigenvalue weighted by Gasteiger charge is -2.16. The summed E-state index contributed by atoms with van der Waals surface area (Å²) in [6.07, 6.45) is 1.10. The van der Waals surface area contributed by atoms with E-state index in [1.165, 1.54) is 24.3 Å². The molecule has 1 amide bonds. The smallest absolute Gasteiger partial charge is 0.254 e. The van der Waals surface area contributed by atoms with Gasteiger partial charge < -0.3 is 15.8 Å². The van der Waals surface area contributed by atoms with Crippen LogP contribution >= 0.6 is 22.6 Å². The van der Waals surface area contributed by atoms with Gasteiger partial charge >= 0.3 is 0 Å². The molecule has 0 bridgehead atoms. The summed E-state index contributed by atoms with van der Waals surface area (Å²) in [7, 11) is -3.28. The van der Waals surface area contributed by atoms with Gasteiger partial charge in [-0.1, -0.05) is 12.1 Å².